The molecule has 2 rings (SSSR count). The van der Waals surface area contributed by atoms with Crippen LogP contribution in [-0.4, -0.2) is 6.04 Å². The number of nitrogens with one attached hydrogen (secondary N) is 1. The van der Waals surface area contributed by atoms with E-state index in [0.717, 1.165) is 5.92 Å². The van der Waals surface area contributed by atoms with Crippen LogP contribution in [0.2, 0.25) is 0 Å². The summed E-state index contributed by atoms with van der Waals surface area (Å²) in [5.74, 6) is 1.38. The minimum absolute atomic E-state index is 0.397. The Bertz CT molecular complexity index is 428. The zero-order chi connectivity index (χ0) is 14.8. The quantitative estimate of drug-likeness (QED) is 0.731. The van der Waals surface area contributed by atoms with E-state index in [2.05, 4.69) is 64.2 Å². The van der Waals surface area contributed by atoms with Crippen LogP contribution in [0.1, 0.15) is 71.8 Å². The third-order valence-electron chi connectivity index (χ3n) is 4.78. The highest BCUT2D eigenvalue weighted by Crippen LogP contribution is 2.39. The van der Waals surface area contributed by atoms with Gasteiger partial charge in [0.05, 0.1) is 0 Å². The Balaban J connectivity index is 2.12. The van der Waals surface area contributed by atoms with Gasteiger partial charge in [-0.2, -0.15) is 0 Å². The molecule has 0 bridgehead atoms. The van der Waals surface area contributed by atoms with Crippen molar-refractivity contribution < 1.29 is 0 Å². The van der Waals surface area contributed by atoms with Crippen LogP contribution >= 0.6 is 0 Å². The first kappa shape index (κ1) is 15.4. The number of rotatable bonds is 3. The lowest BCUT2D eigenvalue weighted by atomic mass is 9.69. The Kier molecular flexibility index (Phi) is 4.78. The van der Waals surface area contributed by atoms with Crippen LogP contribution in [0.5, 0.6) is 0 Å². The van der Waals surface area contributed by atoms with Crippen molar-refractivity contribution in [1.82, 2.24) is 0 Å². The van der Waals surface area contributed by atoms with Crippen molar-refractivity contribution in [2.24, 2.45) is 11.3 Å². The fourth-order valence-corrected chi connectivity index (χ4v) is 3.54. The van der Waals surface area contributed by atoms with E-state index in [1.807, 2.05) is 0 Å². The van der Waals surface area contributed by atoms with E-state index in [9.17, 15) is 0 Å². The Labute approximate surface area is 125 Å². The van der Waals surface area contributed by atoms with Crippen LogP contribution in [0.4, 0.5) is 5.69 Å². The predicted molar refractivity (Wildman–Crippen MR) is 89.4 cm³/mol. The van der Waals surface area contributed by atoms with Crippen molar-refractivity contribution in [3.05, 3.63) is 29.8 Å². The van der Waals surface area contributed by atoms with E-state index in [0.29, 0.717) is 17.4 Å². The van der Waals surface area contributed by atoms with E-state index in [-0.39, 0.29) is 0 Å². The SMILES string of the molecule is CC(C)c1cccc(NC2CCCCC2C(C)(C)C)c1. The van der Waals surface area contributed by atoms with E-state index in [1.165, 1.54) is 36.9 Å². The molecule has 1 aromatic rings. The van der Waals surface area contributed by atoms with Crippen LogP contribution in [-0.2, 0) is 0 Å². The van der Waals surface area contributed by atoms with Crippen LogP contribution < -0.4 is 5.32 Å². The summed E-state index contributed by atoms with van der Waals surface area (Å²) in [5, 5.41) is 3.83. The third-order valence-corrected chi connectivity index (χ3v) is 4.78. The maximum atomic E-state index is 3.83. The second-order valence-electron chi connectivity index (χ2n) is 7.79. The Morgan fingerprint density at radius 3 is 2.45 bits per heavy atom. The highest BCUT2D eigenvalue weighted by atomic mass is 14.9. The van der Waals surface area contributed by atoms with Crippen LogP contribution in [0.15, 0.2) is 24.3 Å². The second kappa shape index (κ2) is 6.20. The molecule has 0 saturated heterocycles. The molecule has 0 heterocycles. The normalized spacial score (nSPS) is 23.9. The molecule has 0 aromatic heterocycles. The molecule has 1 nitrogen and oxygen atoms in total. The van der Waals surface area contributed by atoms with Gasteiger partial charge in [-0.25, -0.2) is 0 Å². The molecule has 1 aliphatic carbocycles. The van der Waals surface area contributed by atoms with E-state index in [4.69, 9.17) is 0 Å². The zero-order valence-corrected chi connectivity index (χ0v) is 13.9. The summed E-state index contributed by atoms with van der Waals surface area (Å²) in [6, 6.07) is 9.61. The molecular formula is C19H31N. The molecule has 20 heavy (non-hydrogen) atoms. The lowest BCUT2D eigenvalue weighted by molar-refractivity contribution is 0.163. The smallest absolute Gasteiger partial charge is 0.0345 e. The fourth-order valence-electron chi connectivity index (χ4n) is 3.54. The molecule has 1 N–H and O–H groups in total. The fraction of sp³-hybridized carbons (Fsp3) is 0.684. The van der Waals surface area contributed by atoms with Gasteiger partial charge < -0.3 is 5.32 Å². The molecule has 112 valence electrons. The van der Waals surface area contributed by atoms with Gasteiger partial charge in [0, 0.05) is 11.7 Å². The Morgan fingerprint density at radius 2 is 1.80 bits per heavy atom. The predicted octanol–water partition coefficient (Wildman–Crippen LogP) is 5.83. The summed E-state index contributed by atoms with van der Waals surface area (Å²) in [6.45, 7) is 11.7. The minimum atomic E-state index is 0.397. The molecule has 2 unspecified atom stereocenters. The first-order chi connectivity index (χ1) is 9.38. The molecule has 1 aliphatic rings. The summed E-state index contributed by atoms with van der Waals surface area (Å²) in [5.41, 5.74) is 3.13. The van der Waals surface area contributed by atoms with Crippen molar-refractivity contribution in [3.63, 3.8) is 0 Å². The van der Waals surface area contributed by atoms with Gasteiger partial charge in [0.15, 0.2) is 0 Å². The van der Waals surface area contributed by atoms with E-state index < -0.39 is 0 Å². The van der Waals surface area contributed by atoms with Gasteiger partial charge in [-0.3, -0.25) is 0 Å². The summed E-state index contributed by atoms with van der Waals surface area (Å²) < 4.78 is 0. The molecule has 1 fully saturated rings. The second-order valence-corrected chi connectivity index (χ2v) is 7.79. The lowest BCUT2D eigenvalue weighted by Crippen LogP contribution is -2.39. The van der Waals surface area contributed by atoms with Crippen LogP contribution in [0.25, 0.3) is 0 Å². The maximum Gasteiger partial charge on any atom is 0.0345 e. The van der Waals surface area contributed by atoms with Gasteiger partial charge in [0.1, 0.15) is 0 Å². The molecular weight excluding hydrogens is 242 g/mol. The highest BCUT2D eigenvalue weighted by Gasteiger charge is 2.33. The molecule has 0 spiro atoms. The van der Waals surface area contributed by atoms with Crippen LogP contribution in [0.3, 0.4) is 0 Å². The maximum absolute atomic E-state index is 3.83. The van der Waals surface area contributed by atoms with Gasteiger partial charge in [-0.15, -0.1) is 0 Å². The van der Waals surface area contributed by atoms with Gasteiger partial charge in [0.2, 0.25) is 0 Å². The largest absolute Gasteiger partial charge is 0.382 e. The average Bonchev–Trinajstić information content (AvgIpc) is 2.38. The third kappa shape index (κ3) is 3.77. The number of hydrogen-bond donors (Lipinski definition) is 1. The molecule has 1 saturated carbocycles. The van der Waals surface area contributed by atoms with Crippen molar-refractivity contribution in [2.45, 2.75) is 72.3 Å². The molecule has 0 amide bonds. The molecule has 1 aromatic carbocycles. The topological polar surface area (TPSA) is 12.0 Å². The van der Waals surface area contributed by atoms with Crippen molar-refractivity contribution in [3.8, 4) is 0 Å². The summed E-state index contributed by atoms with van der Waals surface area (Å²) in [4.78, 5) is 0. The molecule has 0 aliphatic heterocycles. The van der Waals surface area contributed by atoms with Gasteiger partial charge in [0.25, 0.3) is 0 Å². The van der Waals surface area contributed by atoms with Gasteiger partial charge in [-0.05, 0) is 47.8 Å². The lowest BCUT2D eigenvalue weighted by Gasteiger charge is -2.41. The summed E-state index contributed by atoms with van der Waals surface area (Å²) in [7, 11) is 0. The van der Waals surface area contributed by atoms with E-state index in [1.54, 1.807) is 0 Å². The van der Waals surface area contributed by atoms with Crippen LogP contribution in [0, 0.1) is 11.3 Å². The van der Waals surface area contributed by atoms with Gasteiger partial charge >= 0.3 is 0 Å². The average molecular weight is 273 g/mol. The Morgan fingerprint density at radius 1 is 1.10 bits per heavy atom. The monoisotopic (exact) mass is 273 g/mol. The Hall–Kier alpha value is -0.980. The first-order valence-corrected chi connectivity index (χ1v) is 8.24. The minimum Gasteiger partial charge on any atom is -0.382 e. The number of anilines is 1. The standard InChI is InChI=1S/C19H31N/c1-14(2)15-9-8-10-16(13-15)20-18-12-7-6-11-17(18)19(3,4)5/h8-10,13-14,17-18,20H,6-7,11-12H2,1-5H3. The zero-order valence-electron chi connectivity index (χ0n) is 13.9. The number of benzene rings is 1. The molecule has 1 heteroatoms. The van der Waals surface area contributed by atoms with Crippen molar-refractivity contribution in [2.75, 3.05) is 5.32 Å². The summed E-state index contributed by atoms with van der Waals surface area (Å²) >= 11 is 0. The first-order valence-electron chi connectivity index (χ1n) is 8.24. The van der Waals surface area contributed by atoms with Gasteiger partial charge in [-0.1, -0.05) is 59.6 Å². The number of hydrogen-bond acceptors (Lipinski definition) is 1. The molecule has 2 atom stereocenters. The van der Waals surface area contributed by atoms with Crippen molar-refractivity contribution >= 4 is 5.69 Å². The highest BCUT2D eigenvalue weighted by molar-refractivity contribution is 5.47. The van der Waals surface area contributed by atoms with E-state index >= 15 is 0 Å². The summed E-state index contributed by atoms with van der Waals surface area (Å²) in [6.07, 6.45) is 5.44. The molecule has 0 radical (unpaired) electrons. The van der Waals surface area contributed by atoms with Crippen molar-refractivity contribution in [1.29, 1.82) is 0 Å².